The third-order valence-corrected chi connectivity index (χ3v) is 5.22. The molecule has 154 valence electrons. The lowest BCUT2D eigenvalue weighted by molar-refractivity contribution is -0.191. The van der Waals surface area contributed by atoms with E-state index in [4.69, 9.17) is 13.9 Å². The van der Waals surface area contributed by atoms with Crippen molar-refractivity contribution in [2.75, 3.05) is 6.61 Å². The summed E-state index contributed by atoms with van der Waals surface area (Å²) in [6, 6.07) is 17.9. The van der Waals surface area contributed by atoms with Gasteiger partial charge in [-0.25, -0.2) is 0 Å². The summed E-state index contributed by atoms with van der Waals surface area (Å²) in [5, 5.41) is 3.91. The summed E-state index contributed by atoms with van der Waals surface area (Å²) in [6.45, 7) is 3.73. The van der Waals surface area contributed by atoms with Gasteiger partial charge in [0.25, 0.3) is 0 Å². The minimum Gasteiger partial charge on any atom is -0.455 e. The van der Waals surface area contributed by atoms with Crippen molar-refractivity contribution in [3.63, 3.8) is 0 Å². The van der Waals surface area contributed by atoms with Gasteiger partial charge in [0.15, 0.2) is 12.1 Å². The molecule has 0 saturated carbocycles. The maximum Gasteiger partial charge on any atom is 0.217 e. The van der Waals surface area contributed by atoms with Crippen molar-refractivity contribution in [1.29, 1.82) is 0 Å². The number of rotatable bonds is 4. The first-order chi connectivity index (χ1) is 14.6. The highest BCUT2D eigenvalue weighted by molar-refractivity contribution is 5.91. The van der Waals surface area contributed by atoms with E-state index < -0.39 is 0 Å². The lowest BCUT2D eigenvalue weighted by atomic mass is 10.0. The van der Waals surface area contributed by atoms with Gasteiger partial charge in [0.05, 0.1) is 17.7 Å². The molecule has 2 heterocycles. The van der Waals surface area contributed by atoms with E-state index in [1.807, 2.05) is 61.5 Å². The quantitative estimate of drug-likeness (QED) is 0.652. The highest BCUT2D eigenvalue weighted by Crippen LogP contribution is 2.32. The van der Waals surface area contributed by atoms with E-state index >= 15 is 0 Å². The van der Waals surface area contributed by atoms with Crippen LogP contribution in [-0.4, -0.2) is 30.9 Å². The van der Waals surface area contributed by atoms with Crippen LogP contribution in [0.5, 0.6) is 0 Å². The predicted molar refractivity (Wildman–Crippen MR) is 116 cm³/mol. The number of carbonyl (C=O) groups excluding carboxylic acids is 1. The largest absolute Gasteiger partial charge is 0.455 e. The van der Waals surface area contributed by atoms with Crippen LogP contribution in [-0.2, 0) is 14.3 Å². The van der Waals surface area contributed by atoms with Crippen LogP contribution in [0.25, 0.3) is 22.3 Å². The van der Waals surface area contributed by atoms with Crippen LogP contribution in [0, 0.1) is 11.8 Å². The molecule has 3 atom stereocenters. The van der Waals surface area contributed by atoms with Crippen molar-refractivity contribution in [1.82, 2.24) is 5.32 Å². The third-order valence-electron chi connectivity index (χ3n) is 5.22. The van der Waals surface area contributed by atoms with Crippen molar-refractivity contribution in [3.05, 3.63) is 60.2 Å². The van der Waals surface area contributed by atoms with Crippen molar-refractivity contribution < 1.29 is 18.7 Å². The summed E-state index contributed by atoms with van der Waals surface area (Å²) < 4.78 is 17.8. The Hall–Kier alpha value is -3.07. The Labute approximate surface area is 176 Å². The fraction of sp³-hybridized carbons (Fsp3) is 0.320. The molecular weight excluding hydrogens is 378 g/mol. The smallest absolute Gasteiger partial charge is 0.217 e. The van der Waals surface area contributed by atoms with Crippen LogP contribution >= 0.6 is 0 Å². The molecule has 1 aromatic heterocycles. The first-order valence-corrected chi connectivity index (χ1v) is 10.2. The number of hydrogen-bond acceptors (Lipinski definition) is 4. The molecule has 5 heteroatoms. The Balaban J connectivity index is 1.45. The van der Waals surface area contributed by atoms with Gasteiger partial charge in [0, 0.05) is 24.3 Å². The molecule has 0 aliphatic carbocycles. The monoisotopic (exact) mass is 403 g/mol. The predicted octanol–water partition coefficient (Wildman–Crippen LogP) is 4.50. The molecule has 0 radical (unpaired) electrons. The summed E-state index contributed by atoms with van der Waals surface area (Å²) in [6.07, 6.45) is 1.14. The molecular formula is C25H25NO4. The number of carbonyl (C=O) groups is 1. The van der Waals surface area contributed by atoms with Crippen LogP contribution < -0.4 is 5.32 Å². The zero-order valence-electron chi connectivity index (χ0n) is 17.2. The molecule has 1 saturated heterocycles. The molecule has 1 aliphatic heterocycles. The van der Waals surface area contributed by atoms with E-state index in [-0.39, 0.29) is 30.9 Å². The number of para-hydroxylation sites is 1. The Morgan fingerprint density at radius 1 is 1.13 bits per heavy atom. The SMILES string of the molecule is CC(=O)N[C@H]1CC[C@H](OCC#Cc2c(-c3ccccc3)oc3ccccc23)O[C@H]1C. The molecule has 1 amide bonds. The molecule has 0 unspecified atom stereocenters. The van der Waals surface area contributed by atoms with Crippen LogP contribution in [0.4, 0.5) is 0 Å². The van der Waals surface area contributed by atoms with E-state index in [1.165, 1.54) is 6.92 Å². The number of hydrogen-bond donors (Lipinski definition) is 1. The number of nitrogens with one attached hydrogen (secondary N) is 1. The van der Waals surface area contributed by atoms with E-state index in [0.29, 0.717) is 0 Å². The van der Waals surface area contributed by atoms with E-state index in [9.17, 15) is 4.79 Å². The topological polar surface area (TPSA) is 60.7 Å². The first-order valence-electron chi connectivity index (χ1n) is 10.2. The maximum absolute atomic E-state index is 11.3. The Kier molecular flexibility index (Phi) is 6.18. The summed E-state index contributed by atoms with van der Waals surface area (Å²) in [5.74, 6) is 7.08. The fourth-order valence-corrected chi connectivity index (χ4v) is 3.75. The van der Waals surface area contributed by atoms with Gasteiger partial charge in [-0.3, -0.25) is 4.79 Å². The molecule has 0 bridgehead atoms. The molecule has 3 aromatic rings. The first kappa shape index (κ1) is 20.2. The fourth-order valence-electron chi connectivity index (χ4n) is 3.75. The zero-order valence-corrected chi connectivity index (χ0v) is 17.2. The molecule has 0 spiro atoms. The van der Waals surface area contributed by atoms with E-state index in [2.05, 4.69) is 17.2 Å². The maximum atomic E-state index is 11.3. The standard InChI is InChI=1S/C25H25NO4/c1-17-22(26-18(2)27)14-15-24(29-17)28-16-8-12-21-20-11-6-7-13-23(20)30-25(21)19-9-4-3-5-10-19/h3-7,9-11,13,17,22,24H,14-16H2,1-2H3,(H,26,27)/t17-,22-,24+/m0/s1. The zero-order chi connectivity index (χ0) is 20.9. The Bertz CT molecular complexity index is 1080. The average molecular weight is 403 g/mol. The summed E-state index contributed by atoms with van der Waals surface area (Å²) in [5.41, 5.74) is 2.67. The molecule has 5 nitrogen and oxygen atoms in total. The van der Waals surface area contributed by atoms with Gasteiger partial charge >= 0.3 is 0 Å². The second kappa shape index (κ2) is 9.17. The molecule has 4 rings (SSSR count). The lowest BCUT2D eigenvalue weighted by Crippen LogP contribution is -2.47. The molecule has 1 N–H and O–H groups in total. The van der Waals surface area contributed by atoms with Gasteiger partial charge in [-0.05, 0) is 25.5 Å². The Morgan fingerprint density at radius 2 is 1.90 bits per heavy atom. The van der Waals surface area contributed by atoms with E-state index in [0.717, 1.165) is 40.7 Å². The molecule has 1 fully saturated rings. The van der Waals surface area contributed by atoms with Crippen LogP contribution in [0.15, 0.2) is 59.0 Å². The highest BCUT2D eigenvalue weighted by Gasteiger charge is 2.28. The minimum atomic E-state index is -0.311. The second-order valence-electron chi connectivity index (χ2n) is 7.44. The normalized spacial score (nSPS) is 21.1. The van der Waals surface area contributed by atoms with Crippen molar-refractivity contribution in [2.24, 2.45) is 0 Å². The number of benzene rings is 2. The third kappa shape index (κ3) is 4.56. The number of ether oxygens (including phenoxy) is 2. The van der Waals surface area contributed by atoms with Gasteiger partial charge in [-0.1, -0.05) is 54.3 Å². The number of furan rings is 1. The molecule has 2 aromatic carbocycles. The average Bonchev–Trinajstić information content (AvgIpc) is 3.12. The van der Waals surface area contributed by atoms with Gasteiger partial charge in [0.1, 0.15) is 12.2 Å². The van der Waals surface area contributed by atoms with Crippen LogP contribution in [0.3, 0.4) is 0 Å². The second-order valence-corrected chi connectivity index (χ2v) is 7.44. The van der Waals surface area contributed by atoms with Crippen LogP contribution in [0.2, 0.25) is 0 Å². The number of fused-ring (bicyclic) bond motifs is 1. The Morgan fingerprint density at radius 3 is 2.67 bits per heavy atom. The summed E-state index contributed by atoms with van der Waals surface area (Å²) >= 11 is 0. The number of amides is 1. The van der Waals surface area contributed by atoms with E-state index in [1.54, 1.807) is 0 Å². The van der Waals surface area contributed by atoms with Gasteiger partial charge in [-0.2, -0.15) is 0 Å². The van der Waals surface area contributed by atoms with Crippen molar-refractivity contribution in [3.8, 4) is 23.2 Å². The highest BCUT2D eigenvalue weighted by atomic mass is 16.7. The minimum absolute atomic E-state index is 0.0270. The lowest BCUT2D eigenvalue weighted by Gasteiger charge is -2.34. The van der Waals surface area contributed by atoms with Crippen molar-refractivity contribution >= 4 is 16.9 Å². The molecule has 30 heavy (non-hydrogen) atoms. The van der Waals surface area contributed by atoms with Gasteiger partial charge in [0.2, 0.25) is 5.91 Å². The van der Waals surface area contributed by atoms with Gasteiger partial charge in [-0.15, -0.1) is 0 Å². The van der Waals surface area contributed by atoms with Gasteiger partial charge < -0.3 is 19.2 Å². The summed E-state index contributed by atoms with van der Waals surface area (Å²) in [7, 11) is 0. The summed E-state index contributed by atoms with van der Waals surface area (Å²) in [4.78, 5) is 11.3. The van der Waals surface area contributed by atoms with Crippen molar-refractivity contribution in [2.45, 2.75) is 45.1 Å². The molecule has 1 aliphatic rings. The van der Waals surface area contributed by atoms with Crippen LogP contribution in [0.1, 0.15) is 32.3 Å².